The maximum atomic E-state index is 11.6. The van der Waals surface area contributed by atoms with Crippen LogP contribution in [0.25, 0.3) is 0 Å². The molecule has 0 saturated carbocycles. The van der Waals surface area contributed by atoms with E-state index in [4.69, 9.17) is 21.1 Å². The molecule has 97 valence electrons. The molecule has 5 heteroatoms. The van der Waals surface area contributed by atoms with Crippen LogP contribution in [0.2, 0.25) is 5.02 Å². The van der Waals surface area contributed by atoms with Crippen LogP contribution in [0.1, 0.15) is 17.3 Å². The minimum atomic E-state index is -0.412. The molecule has 0 fully saturated rings. The third-order valence-electron chi connectivity index (χ3n) is 2.26. The predicted octanol–water partition coefficient (Wildman–Crippen LogP) is 3.50. The molecule has 0 amide bonds. The Hall–Kier alpha value is -2.07. The zero-order valence-electron chi connectivity index (χ0n) is 10.2. The van der Waals surface area contributed by atoms with E-state index in [1.165, 1.54) is 0 Å². The summed E-state index contributed by atoms with van der Waals surface area (Å²) in [6, 6.07) is 7.97. The molecular formula is C14H11ClNO3. The summed E-state index contributed by atoms with van der Waals surface area (Å²) in [5.74, 6) is 0.509. The summed E-state index contributed by atoms with van der Waals surface area (Å²) in [4.78, 5) is 15.4. The molecule has 0 atom stereocenters. The maximum absolute atomic E-state index is 11.6. The van der Waals surface area contributed by atoms with Crippen LogP contribution in [-0.4, -0.2) is 17.6 Å². The lowest BCUT2D eigenvalue weighted by Crippen LogP contribution is -2.04. The summed E-state index contributed by atoms with van der Waals surface area (Å²) >= 11 is 6.02. The SMILES string of the molecule is CCOC(=O)c1ccc(Cl)c(Oc2c[c]ncc2)c1. The molecule has 0 bridgehead atoms. The lowest BCUT2D eigenvalue weighted by Gasteiger charge is -2.09. The number of hydrogen-bond donors (Lipinski definition) is 0. The zero-order chi connectivity index (χ0) is 13.7. The van der Waals surface area contributed by atoms with Crippen LogP contribution >= 0.6 is 11.6 Å². The van der Waals surface area contributed by atoms with Crippen LogP contribution in [-0.2, 0) is 4.74 Å². The molecule has 2 aromatic rings. The Morgan fingerprint density at radius 1 is 1.42 bits per heavy atom. The van der Waals surface area contributed by atoms with Crippen LogP contribution in [0.3, 0.4) is 0 Å². The zero-order valence-corrected chi connectivity index (χ0v) is 11.0. The van der Waals surface area contributed by atoms with Gasteiger partial charge in [0, 0.05) is 12.3 Å². The Balaban J connectivity index is 2.25. The monoisotopic (exact) mass is 276 g/mol. The van der Waals surface area contributed by atoms with Crippen LogP contribution in [0.4, 0.5) is 0 Å². The number of pyridine rings is 1. The van der Waals surface area contributed by atoms with Crippen molar-refractivity contribution in [1.29, 1.82) is 0 Å². The molecule has 1 radical (unpaired) electrons. The molecule has 1 aromatic carbocycles. The van der Waals surface area contributed by atoms with E-state index < -0.39 is 5.97 Å². The molecule has 0 unspecified atom stereocenters. The third-order valence-corrected chi connectivity index (χ3v) is 2.58. The summed E-state index contributed by atoms with van der Waals surface area (Å²) in [5.41, 5.74) is 0.388. The fourth-order valence-corrected chi connectivity index (χ4v) is 1.57. The van der Waals surface area contributed by atoms with Crippen molar-refractivity contribution in [3.8, 4) is 11.5 Å². The van der Waals surface area contributed by atoms with Crippen LogP contribution in [0.5, 0.6) is 11.5 Å². The number of aromatic nitrogens is 1. The van der Waals surface area contributed by atoms with Gasteiger partial charge in [-0.1, -0.05) is 11.6 Å². The van der Waals surface area contributed by atoms with Crippen molar-refractivity contribution in [3.05, 3.63) is 53.3 Å². The molecule has 1 heterocycles. The summed E-state index contributed by atoms with van der Waals surface area (Å²) < 4.78 is 10.5. The van der Waals surface area contributed by atoms with Crippen molar-refractivity contribution >= 4 is 17.6 Å². The van der Waals surface area contributed by atoms with Gasteiger partial charge >= 0.3 is 5.97 Å². The van der Waals surface area contributed by atoms with E-state index in [0.29, 0.717) is 28.7 Å². The fraction of sp³-hybridized carbons (Fsp3) is 0.143. The van der Waals surface area contributed by atoms with E-state index in [1.807, 2.05) is 0 Å². The second-order valence-corrected chi connectivity index (χ2v) is 4.00. The highest BCUT2D eigenvalue weighted by Crippen LogP contribution is 2.30. The van der Waals surface area contributed by atoms with Crippen LogP contribution < -0.4 is 4.74 Å². The number of hydrogen-bond acceptors (Lipinski definition) is 4. The molecule has 2 rings (SSSR count). The Bertz CT molecular complexity index is 572. The van der Waals surface area contributed by atoms with E-state index in [0.717, 1.165) is 0 Å². The summed E-state index contributed by atoms with van der Waals surface area (Å²) in [6.07, 6.45) is 4.20. The van der Waals surface area contributed by atoms with Crippen LogP contribution in [0.15, 0.2) is 36.5 Å². The Morgan fingerprint density at radius 2 is 2.26 bits per heavy atom. The first-order valence-electron chi connectivity index (χ1n) is 5.67. The number of carbonyl (C=O) groups excluding carboxylic acids is 1. The van der Waals surface area contributed by atoms with Crippen molar-refractivity contribution in [2.75, 3.05) is 6.61 Å². The molecule has 19 heavy (non-hydrogen) atoms. The van der Waals surface area contributed by atoms with Crippen molar-refractivity contribution in [2.24, 2.45) is 0 Å². The minimum absolute atomic E-state index is 0.316. The van der Waals surface area contributed by atoms with Crippen molar-refractivity contribution in [1.82, 2.24) is 4.98 Å². The third kappa shape index (κ3) is 3.45. The van der Waals surface area contributed by atoms with Gasteiger partial charge in [-0.3, -0.25) is 4.98 Å². The van der Waals surface area contributed by atoms with Gasteiger partial charge < -0.3 is 9.47 Å². The van der Waals surface area contributed by atoms with Crippen molar-refractivity contribution in [2.45, 2.75) is 6.92 Å². The molecule has 0 aliphatic heterocycles. The van der Waals surface area contributed by atoms with E-state index in [2.05, 4.69) is 11.2 Å². The Kier molecular flexibility index (Phi) is 4.36. The summed E-state index contributed by atoms with van der Waals surface area (Å²) in [7, 11) is 0. The topological polar surface area (TPSA) is 48.4 Å². The van der Waals surface area contributed by atoms with E-state index in [9.17, 15) is 4.79 Å². The van der Waals surface area contributed by atoms with Crippen molar-refractivity contribution < 1.29 is 14.3 Å². The minimum Gasteiger partial charge on any atom is -0.462 e. The molecule has 0 aliphatic rings. The lowest BCUT2D eigenvalue weighted by molar-refractivity contribution is 0.0526. The highest BCUT2D eigenvalue weighted by atomic mass is 35.5. The largest absolute Gasteiger partial charge is 0.462 e. The van der Waals surface area contributed by atoms with Gasteiger partial charge in [0.15, 0.2) is 0 Å². The average Bonchev–Trinajstić information content (AvgIpc) is 2.42. The quantitative estimate of drug-likeness (QED) is 0.802. The van der Waals surface area contributed by atoms with Crippen LogP contribution in [0, 0.1) is 6.20 Å². The number of nitrogens with zero attached hydrogens (tertiary/aromatic N) is 1. The highest BCUT2D eigenvalue weighted by Gasteiger charge is 2.11. The standard InChI is InChI=1S/C14H11ClNO3/c1-2-18-14(17)10-3-4-12(15)13(9-10)19-11-5-7-16-8-6-11/h3-7,9H,2H2,1H3. The molecule has 0 N–H and O–H groups in total. The van der Waals surface area contributed by atoms with Gasteiger partial charge in [0.2, 0.25) is 0 Å². The smallest absolute Gasteiger partial charge is 0.338 e. The first-order valence-corrected chi connectivity index (χ1v) is 6.05. The normalized spacial score (nSPS) is 10.0. The number of rotatable bonds is 4. The second kappa shape index (κ2) is 6.20. The van der Waals surface area contributed by atoms with Gasteiger partial charge in [-0.15, -0.1) is 0 Å². The number of ether oxygens (including phenoxy) is 2. The molecule has 0 aliphatic carbocycles. The number of carbonyl (C=O) groups is 1. The average molecular weight is 277 g/mol. The maximum Gasteiger partial charge on any atom is 0.338 e. The fourth-order valence-electron chi connectivity index (χ4n) is 1.42. The number of halogens is 1. The van der Waals surface area contributed by atoms with E-state index in [-0.39, 0.29) is 0 Å². The molecule has 4 nitrogen and oxygen atoms in total. The van der Waals surface area contributed by atoms with Crippen molar-refractivity contribution in [3.63, 3.8) is 0 Å². The molecular weight excluding hydrogens is 266 g/mol. The van der Waals surface area contributed by atoms with E-state index in [1.54, 1.807) is 43.5 Å². The van der Waals surface area contributed by atoms with Gasteiger partial charge in [-0.25, -0.2) is 4.79 Å². The van der Waals surface area contributed by atoms with E-state index >= 15 is 0 Å². The first-order chi connectivity index (χ1) is 9.20. The van der Waals surface area contributed by atoms with Gasteiger partial charge in [-0.05, 0) is 31.2 Å². The predicted molar refractivity (Wildman–Crippen MR) is 70.6 cm³/mol. The molecule has 1 aromatic heterocycles. The van der Waals surface area contributed by atoms with Gasteiger partial charge in [-0.2, -0.15) is 0 Å². The number of esters is 1. The molecule has 0 saturated heterocycles. The summed E-state index contributed by atoms with van der Waals surface area (Å²) in [6.45, 7) is 2.06. The second-order valence-electron chi connectivity index (χ2n) is 3.59. The Morgan fingerprint density at radius 3 is 2.95 bits per heavy atom. The first kappa shape index (κ1) is 13.4. The van der Waals surface area contributed by atoms with Gasteiger partial charge in [0.25, 0.3) is 0 Å². The van der Waals surface area contributed by atoms with Gasteiger partial charge in [0.05, 0.1) is 23.4 Å². The Labute approximate surface area is 115 Å². The summed E-state index contributed by atoms with van der Waals surface area (Å²) in [5, 5.41) is 0.407. The molecule has 0 spiro atoms. The highest BCUT2D eigenvalue weighted by molar-refractivity contribution is 6.32. The number of benzene rings is 1. The lowest BCUT2D eigenvalue weighted by atomic mass is 10.2. The van der Waals surface area contributed by atoms with Gasteiger partial charge in [0.1, 0.15) is 11.5 Å².